The molecule has 1 aromatic heterocycles. The quantitative estimate of drug-likeness (QED) is 0.807. The van der Waals surface area contributed by atoms with Crippen molar-refractivity contribution in [3.8, 4) is 5.88 Å². The molecule has 2 N–H and O–H groups in total. The van der Waals surface area contributed by atoms with Crippen LogP contribution in [0.15, 0.2) is 24.3 Å². The van der Waals surface area contributed by atoms with Gasteiger partial charge in [0.25, 0.3) is 0 Å². The lowest BCUT2D eigenvalue weighted by Gasteiger charge is -2.33. The van der Waals surface area contributed by atoms with Crippen LogP contribution in [0.25, 0.3) is 0 Å². The fourth-order valence-electron chi connectivity index (χ4n) is 3.20. The highest BCUT2D eigenvalue weighted by Gasteiger charge is 2.29. The number of Topliss-reactive ketones (excluding diaryl/α,β-unsaturated/α-hetero) is 1. The number of piperidine rings is 1. The van der Waals surface area contributed by atoms with Crippen molar-refractivity contribution in [2.75, 3.05) is 23.7 Å². The third kappa shape index (κ3) is 4.50. The second-order valence-electron chi connectivity index (χ2n) is 6.86. The highest BCUT2D eigenvalue weighted by Crippen LogP contribution is 2.27. The molecule has 144 valence electrons. The van der Waals surface area contributed by atoms with Crippen molar-refractivity contribution in [2.24, 2.45) is 5.92 Å². The van der Waals surface area contributed by atoms with Gasteiger partial charge in [0.05, 0.1) is 11.7 Å². The molecule has 0 unspecified atom stereocenters. The van der Waals surface area contributed by atoms with Crippen LogP contribution in [0.5, 0.6) is 5.88 Å². The van der Waals surface area contributed by atoms with Gasteiger partial charge in [0.1, 0.15) is 17.5 Å². The lowest BCUT2D eigenvalue weighted by Crippen LogP contribution is -2.39. The molecule has 8 heteroatoms. The van der Waals surface area contributed by atoms with Crippen molar-refractivity contribution >= 4 is 17.5 Å². The molecule has 6 nitrogen and oxygen atoms in total. The minimum atomic E-state index is -0.711. The average Bonchev–Trinajstić information content (AvgIpc) is 2.62. The smallest absolute Gasteiger partial charge is 0.225 e. The van der Waals surface area contributed by atoms with E-state index in [2.05, 4.69) is 9.97 Å². The van der Waals surface area contributed by atoms with Crippen LogP contribution < -0.4 is 15.4 Å². The van der Waals surface area contributed by atoms with Gasteiger partial charge in [-0.25, -0.2) is 8.78 Å². The summed E-state index contributed by atoms with van der Waals surface area (Å²) >= 11 is 0. The number of carbonyl (C=O) groups excluding carboxylic acids is 1. The summed E-state index contributed by atoms with van der Waals surface area (Å²) in [6.45, 7) is 4.77. The Morgan fingerprint density at radius 2 is 2.07 bits per heavy atom. The Morgan fingerprint density at radius 3 is 2.81 bits per heavy atom. The molecule has 0 spiro atoms. The van der Waals surface area contributed by atoms with Gasteiger partial charge in [-0.3, -0.25) is 4.79 Å². The van der Waals surface area contributed by atoms with E-state index in [-0.39, 0.29) is 17.6 Å². The second kappa shape index (κ2) is 7.85. The first-order valence-corrected chi connectivity index (χ1v) is 8.89. The summed E-state index contributed by atoms with van der Waals surface area (Å²) in [5.41, 5.74) is 5.56. The molecular weight excluding hydrogens is 354 g/mol. The van der Waals surface area contributed by atoms with Gasteiger partial charge in [0.15, 0.2) is 5.78 Å². The van der Waals surface area contributed by atoms with Gasteiger partial charge >= 0.3 is 0 Å². The summed E-state index contributed by atoms with van der Waals surface area (Å²) in [7, 11) is 0. The van der Waals surface area contributed by atoms with Crippen LogP contribution in [0, 0.1) is 17.6 Å². The summed E-state index contributed by atoms with van der Waals surface area (Å²) in [5, 5.41) is 0. The van der Waals surface area contributed by atoms with E-state index < -0.39 is 23.3 Å². The van der Waals surface area contributed by atoms with E-state index in [1.807, 2.05) is 18.7 Å². The highest BCUT2D eigenvalue weighted by atomic mass is 19.1. The molecule has 1 aromatic carbocycles. The standard InChI is InChI=1S/C19H22F2N4O2/c1-11(2)27-17-9-16(23-19(22)24-17)25-7-3-4-12(10-25)18(26)14-8-13(20)5-6-15(14)21/h5-6,8-9,11-12H,3-4,7,10H2,1-2H3,(H2,22,23,24)/t12-/m0/s1. The molecular formula is C19H22F2N4O2. The summed E-state index contributed by atoms with van der Waals surface area (Å²) in [5.74, 6) is -1.22. The molecule has 2 heterocycles. The van der Waals surface area contributed by atoms with E-state index in [9.17, 15) is 13.6 Å². The topological polar surface area (TPSA) is 81.3 Å². The van der Waals surface area contributed by atoms with Gasteiger partial charge in [0.2, 0.25) is 11.8 Å². The van der Waals surface area contributed by atoms with E-state index in [4.69, 9.17) is 10.5 Å². The summed E-state index contributed by atoms with van der Waals surface area (Å²) in [6.07, 6.45) is 1.25. The number of anilines is 2. The fraction of sp³-hybridized carbons (Fsp3) is 0.421. The molecule has 0 aliphatic carbocycles. The van der Waals surface area contributed by atoms with Crippen LogP contribution in [0.4, 0.5) is 20.5 Å². The van der Waals surface area contributed by atoms with Crippen molar-refractivity contribution in [3.63, 3.8) is 0 Å². The predicted molar refractivity (Wildman–Crippen MR) is 97.8 cm³/mol. The molecule has 3 rings (SSSR count). The lowest BCUT2D eigenvalue weighted by molar-refractivity contribution is 0.0902. The molecule has 0 amide bonds. The van der Waals surface area contributed by atoms with Gasteiger partial charge in [-0.1, -0.05) is 0 Å². The van der Waals surface area contributed by atoms with Gasteiger partial charge in [0, 0.05) is 25.1 Å². The molecule has 1 atom stereocenters. The number of nitrogen functional groups attached to an aromatic ring is 1. The van der Waals surface area contributed by atoms with Gasteiger partial charge in [-0.15, -0.1) is 0 Å². The van der Waals surface area contributed by atoms with Crippen molar-refractivity contribution in [1.29, 1.82) is 0 Å². The van der Waals surface area contributed by atoms with Crippen molar-refractivity contribution in [1.82, 2.24) is 9.97 Å². The van der Waals surface area contributed by atoms with Crippen molar-refractivity contribution < 1.29 is 18.3 Å². The Labute approximate surface area is 156 Å². The predicted octanol–water partition coefficient (Wildman–Crippen LogP) is 3.22. The molecule has 27 heavy (non-hydrogen) atoms. The highest BCUT2D eigenvalue weighted by molar-refractivity contribution is 5.98. The van der Waals surface area contributed by atoms with Crippen LogP contribution in [-0.2, 0) is 0 Å². The maximum Gasteiger partial charge on any atom is 0.225 e. The Hall–Kier alpha value is -2.77. The third-order valence-corrected chi connectivity index (χ3v) is 4.37. The number of benzene rings is 1. The monoisotopic (exact) mass is 376 g/mol. The summed E-state index contributed by atoms with van der Waals surface area (Å²) in [6, 6.07) is 4.60. The molecule has 1 fully saturated rings. The number of ether oxygens (including phenoxy) is 1. The first-order chi connectivity index (χ1) is 12.8. The number of rotatable bonds is 5. The Balaban J connectivity index is 1.81. The molecule has 1 saturated heterocycles. The van der Waals surface area contributed by atoms with Crippen LogP contribution in [-0.4, -0.2) is 34.9 Å². The average molecular weight is 376 g/mol. The molecule has 1 aliphatic rings. The van der Waals surface area contributed by atoms with E-state index in [0.29, 0.717) is 31.2 Å². The molecule has 0 saturated carbocycles. The van der Waals surface area contributed by atoms with Gasteiger partial charge < -0.3 is 15.4 Å². The number of nitrogens with two attached hydrogens (primary N) is 1. The third-order valence-electron chi connectivity index (χ3n) is 4.37. The van der Waals surface area contributed by atoms with Gasteiger partial charge in [-0.2, -0.15) is 9.97 Å². The van der Waals surface area contributed by atoms with E-state index >= 15 is 0 Å². The number of halogens is 2. The van der Waals surface area contributed by atoms with E-state index in [1.165, 1.54) is 0 Å². The Morgan fingerprint density at radius 1 is 1.30 bits per heavy atom. The summed E-state index contributed by atoms with van der Waals surface area (Å²) < 4.78 is 33.0. The van der Waals surface area contributed by atoms with E-state index in [0.717, 1.165) is 24.6 Å². The maximum absolute atomic E-state index is 14.0. The molecule has 0 radical (unpaired) electrons. The van der Waals surface area contributed by atoms with Crippen LogP contribution in [0.1, 0.15) is 37.0 Å². The Kier molecular flexibility index (Phi) is 5.53. The lowest BCUT2D eigenvalue weighted by atomic mass is 9.89. The largest absolute Gasteiger partial charge is 0.475 e. The first kappa shape index (κ1) is 19.0. The van der Waals surface area contributed by atoms with Crippen LogP contribution in [0.2, 0.25) is 0 Å². The molecule has 0 bridgehead atoms. The minimum Gasteiger partial charge on any atom is -0.475 e. The number of carbonyl (C=O) groups is 1. The van der Waals surface area contributed by atoms with E-state index in [1.54, 1.807) is 6.07 Å². The molecule has 1 aliphatic heterocycles. The maximum atomic E-state index is 14.0. The van der Waals surface area contributed by atoms with Gasteiger partial charge in [-0.05, 0) is 44.9 Å². The zero-order valence-corrected chi connectivity index (χ0v) is 15.3. The first-order valence-electron chi connectivity index (χ1n) is 8.89. The van der Waals surface area contributed by atoms with Crippen molar-refractivity contribution in [3.05, 3.63) is 41.5 Å². The van der Waals surface area contributed by atoms with Crippen LogP contribution in [0.3, 0.4) is 0 Å². The number of aromatic nitrogens is 2. The number of nitrogens with zero attached hydrogens (tertiary/aromatic N) is 3. The number of ketones is 1. The van der Waals surface area contributed by atoms with Crippen LogP contribution >= 0.6 is 0 Å². The number of hydrogen-bond acceptors (Lipinski definition) is 6. The summed E-state index contributed by atoms with van der Waals surface area (Å²) in [4.78, 5) is 22.9. The zero-order chi connectivity index (χ0) is 19.6. The normalized spacial score (nSPS) is 17.2. The number of hydrogen-bond donors (Lipinski definition) is 1. The zero-order valence-electron chi connectivity index (χ0n) is 15.3. The fourth-order valence-corrected chi connectivity index (χ4v) is 3.20. The Bertz CT molecular complexity index is 844. The van der Waals surface area contributed by atoms with Crippen molar-refractivity contribution in [2.45, 2.75) is 32.8 Å². The minimum absolute atomic E-state index is 0.0706. The molecule has 2 aromatic rings. The SMILES string of the molecule is CC(C)Oc1cc(N2CCC[C@H](C(=O)c3cc(F)ccc3F)C2)nc(N)n1. The second-order valence-corrected chi connectivity index (χ2v) is 6.86.